The van der Waals surface area contributed by atoms with Crippen LogP contribution < -0.4 is 11.2 Å². The number of nitrogens with zero attached hydrogens (tertiary/aromatic N) is 5. The second kappa shape index (κ2) is 8.02. The maximum Gasteiger partial charge on any atom is 0.332 e. The van der Waals surface area contributed by atoms with Gasteiger partial charge in [-0.1, -0.05) is 23.7 Å². The Labute approximate surface area is 179 Å². The number of hydrogen-bond donors (Lipinski definition) is 0. The van der Waals surface area contributed by atoms with Crippen molar-refractivity contribution in [1.82, 2.24) is 23.6 Å². The van der Waals surface area contributed by atoms with Gasteiger partial charge in [-0.2, -0.15) is 0 Å². The highest BCUT2D eigenvalue weighted by atomic mass is 35.5. The van der Waals surface area contributed by atoms with Crippen LogP contribution in [0.25, 0.3) is 11.2 Å². The van der Waals surface area contributed by atoms with E-state index in [2.05, 4.69) is 18.7 Å². The number of ether oxygens (including phenoxy) is 1. The lowest BCUT2D eigenvalue weighted by atomic mass is 10.2. The zero-order valence-corrected chi connectivity index (χ0v) is 18.4. The zero-order chi connectivity index (χ0) is 21.6. The van der Waals surface area contributed by atoms with Crippen LogP contribution in [0.3, 0.4) is 0 Å². The molecule has 0 amide bonds. The summed E-state index contributed by atoms with van der Waals surface area (Å²) in [5.41, 5.74) is 1.04. The molecule has 160 valence electrons. The lowest BCUT2D eigenvalue weighted by Gasteiger charge is -2.35. The van der Waals surface area contributed by atoms with E-state index in [-0.39, 0.29) is 23.5 Å². The van der Waals surface area contributed by atoms with Gasteiger partial charge in [0.2, 0.25) is 0 Å². The number of aryl methyl sites for hydroxylation is 1. The first kappa shape index (κ1) is 20.8. The summed E-state index contributed by atoms with van der Waals surface area (Å²) in [6.07, 6.45) is 0.244. The maximum atomic E-state index is 13.0. The molecule has 1 aromatic carbocycles. The highest BCUT2D eigenvalue weighted by molar-refractivity contribution is 6.30. The van der Waals surface area contributed by atoms with Gasteiger partial charge in [0.1, 0.15) is 5.82 Å². The molecule has 2 atom stereocenters. The van der Waals surface area contributed by atoms with Gasteiger partial charge in [-0.3, -0.25) is 18.8 Å². The van der Waals surface area contributed by atoms with Gasteiger partial charge < -0.3 is 9.30 Å². The Morgan fingerprint density at radius 1 is 1.10 bits per heavy atom. The zero-order valence-electron chi connectivity index (χ0n) is 17.6. The number of halogens is 1. The molecule has 2 aromatic heterocycles. The van der Waals surface area contributed by atoms with Crippen molar-refractivity contribution >= 4 is 22.8 Å². The predicted octanol–water partition coefficient (Wildman–Crippen LogP) is 1.74. The maximum absolute atomic E-state index is 13.0. The fourth-order valence-electron chi connectivity index (χ4n) is 4.21. The average Bonchev–Trinajstić information content (AvgIpc) is 3.02. The Balaban J connectivity index is 1.86. The summed E-state index contributed by atoms with van der Waals surface area (Å²) in [6, 6.07) is 7.54. The number of fused-ring (bicyclic) bond motifs is 1. The molecule has 3 aromatic rings. The smallest absolute Gasteiger partial charge is 0.332 e. The van der Waals surface area contributed by atoms with E-state index in [1.807, 2.05) is 28.8 Å². The standard InChI is InChI=1S/C21H26ClN5O3/c1-13-9-26(10-14(2)30-13)12-17-23-19-18(20(28)25(4)21(29)24(19)3)27(17)11-15-6-5-7-16(22)8-15/h5-8,13-14H,9-12H2,1-4H3/t13-,14+. The SMILES string of the molecule is C[C@@H]1CN(Cc2nc3c(c(=O)n(C)c(=O)n3C)n2Cc2cccc(Cl)c2)C[C@H](C)O1. The molecule has 8 nitrogen and oxygen atoms in total. The summed E-state index contributed by atoms with van der Waals surface area (Å²) < 4.78 is 10.3. The minimum Gasteiger partial charge on any atom is -0.373 e. The van der Waals surface area contributed by atoms with E-state index in [4.69, 9.17) is 21.3 Å². The van der Waals surface area contributed by atoms with Gasteiger partial charge in [0.15, 0.2) is 11.2 Å². The third-order valence-electron chi connectivity index (χ3n) is 5.52. The van der Waals surface area contributed by atoms with Gasteiger partial charge in [-0.05, 0) is 31.5 Å². The topological polar surface area (TPSA) is 74.3 Å². The quantitative estimate of drug-likeness (QED) is 0.629. The monoisotopic (exact) mass is 431 g/mol. The molecule has 1 aliphatic rings. The number of morpholine rings is 1. The Hall–Kier alpha value is -2.42. The summed E-state index contributed by atoms with van der Waals surface area (Å²) >= 11 is 6.17. The molecule has 0 bridgehead atoms. The molecule has 0 unspecified atom stereocenters. The van der Waals surface area contributed by atoms with Crippen LogP contribution in [-0.2, 0) is 31.9 Å². The van der Waals surface area contributed by atoms with Crippen molar-refractivity contribution in [1.29, 1.82) is 0 Å². The summed E-state index contributed by atoms with van der Waals surface area (Å²) in [5, 5.41) is 0.634. The van der Waals surface area contributed by atoms with E-state index in [1.165, 1.54) is 11.6 Å². The molecular weight excluding hydrogens is 406 g/mol. The minimum absolute atomic E-state index is 0.122. The fraction of sp³-hybridized carbons (Fsp3) is 0.476. The van der Waals surface area contributed by atoms with Crippen LogP contribution in [0.1, 0.15) is 25.2 Å². The lowest BCUT2D eigenvalue weighted by Crippen LogP contribution is -2.45. The largest absolute Gasteiger partial charge is 0.373 e. The molecule has 1 fully saturated rings. The fourth-order valence-corrected chi connectivity index (χ4v) is 4.43. The molecule has 0 spiro atoms. The van der Waals surface area contributed by atoms with Gasteiger partial charge in [0.25, 0.3) is 5.56 Å². The van der Waals surface area contributed by atoms with Crippen molar-refractivity contribution in [3.8, 4) is 0 Å². The molecule has 1 saturated heterocycles. The normalized spacial score (nSPS) is 20.2. The van der Waals surface area contributed by atoms with Crippen LogP contribution in [0.2, 0.25) is 5.02 Å². The van der Waals surface area contributed by atoms with E-state index in [0.29, 0.717) is 29.3 Å². The Kier molecular flexibility index (Phi) is 5.57. The van der Waals surface area contributed by atoms with Gasteiger partial charge >= 0.3 is 5.69 Å². The van der Waals surface area contributed by atoms with E-state index in [9.17, 15) is 9.59 Å². The molecule has 0 saturated carbocycles. The first-order valence-electron chi connectivity index (χ1n) is 10.0. The summed E-state index contributed by atoms with van der Waals surface area (Å²) in [7, 11) is 3.13. The second-order valence-corrected chi connectivity index (χ2v) is 8.51. The molecule has 0 N–H and O–H groups in total. The third kappa shape index (κ3) is 3.82. The summed E-state index contributed by atoms with van der Waals surface area (Å²) in [4.78, 5) is 32.5. The Morgan fingerprint density at radius 2 is 1.80 bits per heavy atom. The van der Waals surface area contributed by atoms with Crippen molar-refractivity contribution in [2.24, 2.45) is 14.1 Å². The van der Waals surface area contributed by atoms with Crippen LogP contribution >= 0.6 is 11.6 Å². The van der Waals surface area contributed by atoms with Crippen molar-refractivity contribution in [3.05, 3.63) is 61.5 Å². The van der Waals surface area contributed by atoms with Crippen LogP contribution in [0, 0.1) is 0 Å². The first-order valence-corrected chi connectivity index (χ1v) is 10.4. The average molecular weight is 432 g/mol. The molecule has 0 aliphatic carbocycles. The van der Waals surface area contributed by atoms with Gasteiger partial charge in [0.05, 0.1) is 18.8 Å². The van der Waals surface area contributed by atoms with Crippen molar-refractivity contribution in [2.45, 2.75) is 39.1 Å². The predicted molar refractivity (Wildman–Crippen MR) is 116 cm³/mol. The Morgan fingerprint density at radius 3 is 2.47 bits per heavy atom. The van der Waals surface area contributed by atoms with Crippen LogP contribution in [0.15, 0.2) is 33.9 Å². The van der Waals surface area contributed by atoms with E-state index in [0.717, 1.165) is 29.0 Å². The van der Waals surface area contributed by atoms with E-state index >= 15 is 0 Å². The summed E-state index contributed by atoms with van der Waals surface area (Å²) in [6.45, 7) is 6.66. The minimum atomic E-state index is -0.389. The second-order valence-electron chi connectivity index (χ2n) is 8.07. The highest BCUT2D eigenvalue weighted by Gasteiger charge is 2.26. The van der Waals surface area contributed by atoms with Crippen LogP contribution in [-0.4, -0.2) is 48.9 Å². The van der Waals surface area contributed by atoms with E-state index in [1.54, 1.807) is 7.05 Å². The van der Waals surface area contributed by atoms with Crippen molar-refractivity contribution < 1.29 is 4.74 Å². The molecule has 1 aliphatic heterocycles. The molecule has 4 rings (SSSR count). The van der Waals surface area contributed by atoms with Crippen molar-refractivity contribution in [2.75, 3.05) is 13.1 Å². The molecule has 9 heteroatoms. The number of hydrogen-bond acceptors (Lipinski definition) is 5. The lowest BCUT2D eigenvalue weighted by molar-refractivity contribution is -0.0712. The first-order chi connectivity index (χ1) is 14.2. The van der Waals surface area contributed by atoms with Crippen LogP contribution in [0.5, 0.6) is 0 Å². The highest BCUT2D eigenvalue weighted by Crippen LogP contribution is 2.20. The van der Waals surface area contributed by atoms with E-state index < -0.39 is 0 Å². The molecule has 30 heavy (non-hydrogen) atoms. The third-order valence-corrected chi connectivity index (χ3v) is 5.75. The number of imidazole rings is 1. The Bertz CT molecular complexity index is 1200. The van der Waals surface area contributed by atoms with Gasteiger partial charge in [-0.15, -0.1) is 0 Å². The number of rotatable bonds is 4. The van der Waals surface area contributed by atoms with Crippen molar-refractivity contribution in [3.63, 3.8) is 0 Å². The molecule has 0 radical (unpaired) electrons. The van der Waals surface area contributed by atoms with Crippen LogP contribution in [0.4, 0.5) is 0 Å². The number of benzene rings is 1. The molecular formula is C21H26ClN5O3. The summed E-state index contributed by atoms with van der Waals surface area (Å²) in [5.74, 6) is 0.740. The number of aromatic nitrogens is 4. The van der Waals surface area contributed by atoms with Gasteiger partial charge in [0, 0.05) is 38.8 Å². The molecule has 3 heterocycles. The van der Waals surface area contributed by atoms with Gasteiger partial charge in [-0.25, -0.2) is 9.78 Å².